The van der Waals surface area contributed by atoms with Crippen molar-refractivity contribution in [3.63, 3.8) is 0 Å². The molecule has 1 aromatic heterocycles. The van der Waals surface area contributed by atoms with Crippen molar-refractivity contribution < 1.29 is 0 Å². The molecule has 0 amide bonds. The molecule has 0 aliphatic carbocycles. The minimum absolute atomic E-state index is 0.0121. The average molecular weight is 322 g/mol. The van der Waals surface area contributed by atoms with E-state index in [1.165, 1.54) is 0 Å². The third-order valence-corrected chi connectivity index (χ3v) is 3.50. The summed E-state index contributed by atoms with van der Waals surface area (Å²) in [5.41, 5.74) is 7.10. The molecule has 100 valence electrons. The Morgan fingerprint density at radius 2 is 2.11 bits per heavy atom. The van der Waals surface area contributed by atoms with Crippen molar-refractivity contribution in [1.29, 1.82) is 5.41 Å². The standard InChI is InChI=1S/C13H16BrN5/c1-3-10-17-11(4-2)19(18-10)9-7-5-6-8(14)12(9)13(15)16/h5-7H,3-4H2,1-2H3,(H3,15,16). The van der Waals surface area contributed by atoms with E-state index >= 15 is 0 Å². The topological polar surface area (TPSA) is 80.6 Å². The van der Waals surface area contributed by atoms with Gasteiger partial charge in [-0.05, 0) is 28.1 Å². The minimum Gasteiger partial charge on any atom is -0.384 e. The van der Waals surface area contributed by atoms with E-state index in [0.717, 1.165) is 34.7 Å². The molecule has 1 heterocycles. The van der Waals surface area contributed by atoms with Gasteiger partial charge in [0.05, 0.1) is 11.3 Å². The molecule has 0 saturated heterocycles. The highest BCUT2D eigenvalue weighted by Gasteiger charge is 2.16. The number of rotatable bonds is 4. The highest BCUT2D eigenvalue weighted by molar-refractivity contribution is 9.10. The third kappa shape index (κ3) is 2.53. The van der Waals surface area contributed by atoms with Crippen LogP contribution in [0.3, 0.4) is 0 Å². The molecule has 1 aromatic carbocycles. The second-order valence-corrected chi connectivity index (χ2v) is 4.97. The van der Waals surface area contributed by atoms with Crippen LogP contribution in [0.4, 0.5) is 0 Å². The zero-order valence-corrected chi connectivity index (χ0v) is 12.5. The predicted molar refractivity (Wildman–Crippen MR) is 78.8 cm³/mol. The van der Waals surface area contributed by atoms with Crippen LogP contribution in [-0.2, 0) is 12.8 Å². The first-order chi connectivity index (χ1) is 9.08. The summed E-state index contributed by atoms with van der Waals surface area (Å²) in [6.07, 6.45) is 1.56. The fourth-order valence-electron chi connectivity index (χ4n) is 1.92. The van der Waals surface area contributed by atoms with E-state index in [9.17, 15) is 0 Å². The number of nitrogen functional groups attached to an aromatic ring is 1. The van der Waals surface area contributed by atoms with Crippen molar-refractivity contribution in [2.75, 3.05) is 0 Å². The summed E-state index contributed by atoms with van der Waals surface area (Å²) in [5.74, 6) is 1.68. The van der Waals surface area contributed by atoms with Crippen LogP contribution in [0.5, 0.6) is 0 Å². The number of hydrogen-bond acceptors (Lipinski definition) is 3. The molecule has 0 spiro atoms. The largest absolute Gasteiger partial charge is 0.384 e. The number of nitrogens with two attached hydrogens (primary N) is 1. The van der Waals surface area contributed by atoms with Crippen molar-refractivity contribution >= 4 is 21.8 Å². The Hall–Kier alpha value is -1.69. The normalized spacial score (nSPS) is 10.7. The summed E-state index contributed by atoms with van der Waals surface area (Å²) in [7, 11) is 0. The Kier molecular flexibility index (Phi) is 3.99. The van der Waals surface area contributed by atoms with Crippen molar-refractivity contribution in [3.8, 4) is 5.69 Å². The summed E-state index contributed by atoms with van der Waals surface area (Å²) in [6, 6.07) is 5.66. The Morgan fingerprint density at radius 1 is 1.37 bits per heavy atom. The molecule has 0 aliphatic heterocycles. The van der Waals surface area contributed by atoms with Crippen molar-refractivity contribution in [2.24, 2.45) is 5.73 Å². The van der Waals surface area contributed by atoms with Crippen LogP contribution in [0.2, 0.25) is 0 Å². The zero-order chi connectivity index (χ0) is 14.0. The lowest BCUT2D eigenvalue weighted by Gasteiger charge is -2.11. The van der Waals surface area contributed by atoms with E-state index in [1.54, 1.807) is 4.68 Å². The van der Waals surface area contributed by atoms with Crippen molar-refractivity contribution in [2.45, 2.75) is 26.7 Å². The number of hydrogen-bond donors (Lipinski definition) is 2. The Balaban J connectivity index is 2.68. The molecule has 2 rings (SSSR count). The molecule has 0 radical (unpaired) electrons. The van der Waals surface area contributed by atoms with E-state index in [1.807, 2.05) is 32.0 Å². The van der Waals surface area contributed by atoms with Gasteiger partial charge in [0.1, 0.15) is 11.7 Å². The van der Waals surface area contributed by atoms with Crippen LogP contribution in [-0.4, -0.2) is 20.6 Å². The van der Waals surface area contributed by atoms with E-state index in [4.69, 9.17) is 11.1 Å². The van der Waals surface area contributed by atoms with Gasteiger partial charge in [0.25, 0.3) is 0 Å². The fourth-order valence-corrected chi connectivity index (χ4v) is 2.49. The number of benzene rings is 1. The fraction of sp³-hybridized carbons (Fsp3) is 0.308. The van der Waals surface area contributed by atoms with Crippen LogP contribution >= 0.6 is 15.9 Å². The van der Waals surface area contributed by atoms with E-state index in [0.29, 0.717) is 5.56 Å². The molecule has 3 N–H and O–H groups in total. The Bertz CT molecular complexity index is 617. The summed E-state index contributed by atoms with van der Waals surface area (Å²) >= 11 is 3.43. The van der Waals surface area contributed by atoms with Gasteiger partial charge in [-0.2, -0.15) is 5.10 Å². The van der Waals surface area contributed by atoms with Gasteiger partial charge in [-0.1, -0.05) is 19.9 Å². The molecular formula is C13H16BrN5. The predicted octanol–water partition coefficient (Wildman–Crippen LogP) is 2.44. The van der Waals surface area contributed by atoms with Gasteiger partial charge < -0.3 is 5.73 Å². The van der Waals surface area contributed by atoms with Crippen LogP contribution in [0.1, 0.15) is 31.1 Å². The lowest BCUT2D eigenvalue weighted by molar-refractivity contribution is 0.789. The molecule has 0 fully saturated rings. The number of halogens is 1. The van der Waals surface area contributed by atoms with E-state index in [-0.39, 0.29) is 5.84 Å². The SMILES string of the molecule is CCc1nc(CC)n(-c2cccc(Br)c2C(=N)N)n1. The number of aryl methyl sites for hydroxylation is 2. The lowest BCUT2D eigenvalue weighted by Crippen LogP contribution is -2.17. The van der Waals surface area contributed by atoms with Gasteiger partial charge >= 0.3 is 0 Å². The van der Waals surface area contributed by atoms with Crippen molar-refractivity contribution in [1.82, 2.24) is 14.8 Å². The number of nitrogens with zero attached hydrogens (tertiary/aromatic N) is 3. The van der Waals surface area contributed by atoms with Crippen molar-refractivity contribution in [3.05, 3.63) is 39.9 Å². The summed E-state index contributed by atoms with van der Waals surface area (Å²) in [6.45, 7) is 4.05. The van der Waals surface area contributed by atoms with Gasteiger partial charge in [0.15, 0.2) is 5.82 Å². The molecule has 5 nitrogen and oxygen atoms in total. The molecule has 0 atom stereocenters. The maximum absolute atomic E-state index is 7.73. The number of aromatic nitrogens is 3. The Morgan fingerprint density at radius 3 is 2.68 bits per heavy atom. The van der Waals surface area contributed by atoms with E-state index < -0.39 is 0 Å². The first-order valence-corrected chi connectivity index (χ1v) is 6.95. The molecule has 0 unspecified atom stereocenters. The smallest absolute Gasteiger partial charge is 0.151 e. The average Bonchev–Trinajstić information content (AvgIpc) is 2.81. The van der Waals surface area contributed by atoms with Crippen LogP contribution in [0.15, 0.2) is 22.7 Å². The second-order valence-electron chi connectivity index (χ2n) is 4.11. The zero-order valence-electron chi connectivity index (χ0n) is 10.9. The molecule has 0 bridgehead atoms. The molecule has 0 saturated carbocycles. The quantitative estimate of drug-likeness (QED) is 0.670. The second kappa shape index (κ2) is 5.52. The van der Waals surface area contributed by atoms with Gasteiger partial charge in [0, 0.05) is 17.3 Å². The molecule has 6 heteroatoms. The lowest BCUT2D eigenvalue weighted by atomic mass is 10.1. The number of nitrogens with one attached hydrogen (secondary N) is 1. The summed E-state index contributed by atoms with van der Waals surface area (Å²) < 4.78 is 2.56. The first kappa shape index (κ1) is 13.7. The highest BCUT2D eigenvalue weighted by atomic mass is 79.9. The van der Waals surface area contributed by atoms with E-state index in [2.05, 4.69) is 26.0 Å². The first-order valence-electron chi connectivity index (χ1n) is 6.16. The van der Waals surface area contributed by atoms with Crippen LogP contribution in [0, 0.1) is 5.41 Å². The van der Waals surface area contributed by atoms with Gasteiger partial charge in [-0.3, -0.25) is 5.41 Å². The van der Waals surface area contributed by atoms with Crippen LogP contribution < -0.4 is 5.73 Å². The van der Waals surface area contributed by atoms with Gasteiger partial charge in [0.2, 0.25) is 0 Å². The third-order valence-electron chi connectivity index (χ3n) is 2.84. The molecule has 19 heavy (non-hydrogen) atoms. The molecule has 0 aliphatic rings. The monoisotopic (exact) mass is 321 g/mol. The Labute approximate surface area is 120 Å². The summed E-state index contributed by atoms with van der Waals surface area (Å²) in [4.78, 5) is 4.48. The molecular weight excluding hydrogens is 306 g/mol. The maximum Gasteiger partial charge on any atom is 0.151 e. The minimum atomic E-state index is 0.0121. The molecule has 2 aromatic rings. The van der Waals surface area contributed by atoms with Gasteiger partial charge in [-0.25, -0.2) is 9.67 Å². The highest BCUT2D eigenvalue weighted by Crippen LogP contribution is 2.24. The summed E-state index contributed by atoms with van der Waals surface area (Å²) in [5, 5.41) is 12.2. The number of amidine groups is 1. The maximum atomic E-state index is 7.73. The van der Waals surface area contributed by atoms with Gasteiger partial charge in [-0.15, -0.1) is 0 Å². The van der Waals surface area contributed by atoms with Crippen LogP contribution in [0.25, 0.3) is 5.69 Å².